The fourth-order valence-electron chi connectivity index (χ4n) is 3.66. The molecule has 6 nitrogen and oxygen atoms in total. The van der Waals surface area contributed by atoms with Crippen molar-refractivity contribution in [3.05, 3.63) is 62.6 Å². The lowest BCUT2D eigenvalue weighted by atomic mass is 9.98. The topological polar surface area (TPSA) is 78.1 Å². The van der Waals surface area contributed by atoms with Gasteiger partial charge < -0.3 is 23.7 Å². The van der Waals surface area contributed by atoms with Crippen molar-refractivity contribution in [1.82, 2.24) is 0 Å². The molecule has 3 rings (SSSR count). The third-order valence-electron chi connectivity index (χ3n) is 5.27. The van der Waals surface area contributed by atoms with Crippen LogP contribution in [0.15, 0.2) is 44.6 Å². The molecule has 0 radical (unpaired) electrons. The SMILES string of the molecule is COCOc1c(F)cc2oc3cc(OC)c(CC=C(C)C)c(O)c3c(=O)c2c1CC=C(C)C. The minimum absolute atomic E-state index is 0.0169. The predicted molar refractivity (Wildman–Crippen MR) is 127 cm³/mol. The van der Waals surface area contributed by atoms with Crippen LogP contribution < -0.4 is 14.9 Å². The first-order chi connectivity index (χ1) is 15.7. The van der Waals surface area contributed by atoms with Gasteiger partial charge in [0.15, 0.2) is 18.4 Å². The van der Waals surface area contributed by atoms with Crippen molar-refractivity contribution in [3.8, 4) is 17.2 Å². The number of aromatic hydroxyl groups is 1. The van der Waals surface area contributed by atoms with E-state index in [1.54, 1.807) is 6.07 Å². The number of halogens is 1. The molecule has 1 N–H and O–H groups in total. The van der Waals surface area contributed by atoms with E-state index in [9.17, 15) is 14.3 Å². The van der Waals surface area contributed by atoms with Gasteiger partial charge in [0.25, 0.3) is 0 Å². The number of phenolic OH excluding ortho intramolecular Hbond substituents is 1. The third-order valence-corrected chi connectivity index (χ3v) is 5.27. The summed E-state index contributed by atoms with van der Waals surface area (Å²) >= 11 is 0. The minimum atomic E-state index is -0.671. The Balaban J connectivity index is 2.44. The summed E-state index contributed by atoms with van der Waals surface area (Å²) in [5.74, 6) is -0.582. The van der Waals surface area contributed by atoms with Gasteiger partial charge in [-0.2, -0.15) is 0 Å². The monoisotopic (exact) mass is 456 g/mol. The summed E-state index contributed by atoms with van der Waals surface area (Å²) in [5, 5.41) is 11.3. The smallest absolute Gasteiger partial charge is 0.204 e. The van der Waals surface area contributed by atoms with Crippen molar-refractivity contribution >= 4 is 21.9 Å². The summed E-state index contributed by atoms with van der Waals surface area (Å²) in [6.45, 7) is 7.51. The van der Waals surface area contributed by atoms with E-state index in [1.807, 2.05) is 39.8 Å². The molecule has 3 aromatic rings. The maximum Gasteiger partial charge on any atom is 0.204 e. The number of ether oxygens (including phenoxy) is 3. The van der Waals surface area contributed by atoms with E-state index in [0.717, 1.165) is 17.2 Å². The van der Waals surface area contributed by atoms with Crippen LogP contribution in [0.1, 0.15) is 38.8 Å². The van der Waals surface area contributed by atoms with Crippen LogP contribution in [0.3, 0.4) is 0 Å². The molecule has 0 bridgehead atoms. The molecule has 0 amide bonds. The lowest BCUT2D eigenvalue weighted by Crippen LogP contribution is -2.11. The summed E-state index contributed by atoms with van der Waals surface area (Å²) in [6.07, 6.45) is 4.42. The number of fused-ring (bicyclic) bond motifs is 2. The predicted octanol–water partition coefficient (Wildman–Crippen LogP) is 5.80. The Labute approximate surface area is 191 Å². The van der Waals surface area contributed by atoms with Crippen LogP contribution in [0.2, 0.25) is 0 Å². The van der Waals surface area contributed by atoms with Gasteiger partial charge in [-0.1, -0.05) is 23.3 Å². The van der Waals surface area contributed by atoms with E-state index in [-0.39, 0.29) is 46.7 Å². The average Bonchev–Trinajstić information content (AvgIpc) is 2.75. The highest BCUT2D eigenvalue weighted by molar-refractivity contribution is 5.97. The molecule has 176 valence electrons. The Kier molecular flexibility index (Phi) is 7.43. The van der Waals surface area contributed by atoms with Crippen molar-refractivity contribution in [2.75, 3.05) is 21.0 Å². The summed E-state index contributed by atoms with van der Waals surface area (Å²) in [6, 6.07) is 2.67. The van der Waals surface area contributed by atoms with Gasteiger partial charge in [-0.15, -0.1) is 0 Å². The molecule has 0 unspecified atom stereocenters. The number of benzene rings is 2. The fraction of sp³-hybridized carbons (Fsp3) is 0.346. The zero-order valence-corrected chi connectivity index (χ0v) is 19.8. The first-order valence-electron chi connectivity index (χ1n) is 10.6. The normalized spacial score (nSPS) is 11.0. The quantitative estimate of drug-likeness (QED) is 0.262. The molecule has 0 fully saturated rings. The highest BCUT2D eigenvalue weighted by Crippen LogP contribution is 2.39. The van der Waals surface area contributed by atoms with Crippen molar-refractivity contribution in [2.24, 2.45) is 0 Å². The van der Waals surface area contributed by atoms with Gasteiger partial charge in [0, 0.05) is 30.4 Å². The van der Waals surface area contributed by atoms with E-state index in [0.29, 0.717) is 23.3 Å². The third kappa shape index (κ3) is 4.88. The number of rotatable bonds is 8. The molecular weight excluding hydrogens is 427 g/mol. The molecule has 0 aliphatic rings. The summed E-state index contributed by atoms with van der Waals surface area (Å²) in [4.78, 5) is 13.7. The number of hydrogen-bond acceptors (Lipinski definition) is 6. The molecule has 33 heavy (non-hydrogen) atoms. The molecule has 2 aromatic carbocycles. The largest absolute Gasteiger partial charge is 0.507 e. The van der Waals surface area contributed by atoms with Crippen molar-refractivity contribution in [2.45, 2.75) is 40.5 Å². The Bertz CT molecular complexity index is 1310. The molecule has 1 aromatic heterocycles. The summed E-state index contributed by atoms with van der Waals surface area (Å²) < 4.78 is 36.7. The van der Waals surface area contributed by atoms with Crippen molar-refractivity contribution in [3.63, 3.8) is 0 Å². The second kappa shape index (κ2) is 10.1. The molecule has 0 aliphatic carbocycles. The van der Waals surface area contributed by atoms with Crippen LogP contribution in [0, 0.1) is 5.82 Å². The Morgan fingerprint density at radius 1 is 1.00 bits per heavy atom. The van der Waals surface area contributed by atoms with Gasteiger partial charge in [-0.25, -0.2) is 4.39 Å². The van der Waals surface area contributed by atoms with Gasteiger partial charge in [-0.05, 0) is 40.5 Å². The van der Waals surface area contributed by atoms with E-state index in [2.05, 4.69) is 0 Å². The number of hydrogen-bond donors (Lipinski definition) is 1. The average molecular weight is 457 g/mol. The molecule has 1 heterocycles. The van der Waals surface area contributed by atoms with Crippen LogP contribution >= 0.6 is 0 Å². The maximum atomic E-state index is 15.0. The van der Waals surface area contributed by atoms with E-state index in [1.165, 1.54) is 14.2 Å². The number of allylic oxidation sites excluding steroid dienone is 4. The summed E-state index contributed by atoms with van der Waals surface area (Å²) in [5.41, 5.74) is 2.56. The second-order valence-electron chi connectivity index (χ2n) is 8.27. The van der Waals surface area contributed by atoms with Crippen LogP contribution in [0.5, 0.6) is 17.2 Å². The second-order valence-corrected chi connectivity index (χ2v) is 8.27. The standard InChI is InChI=1S/C26H29FO6/c1-14(2)7-9-16-19(31-6)12-21-23(24(16)28)25(29)22-17(10-8-15(3)4)26(32-13-30-5)18(27)11-20(22)33-21/h7-8,11-12,28H,9-10,13H2,1-6H3. The van der Waals surface area contributed by atoms with Crippen LogP contribution in [0.25, 0.3) is 21.9 Å². The lowest BCUT2D eigenvalue weighted by Gasteiger charge is -2.16. The molecule has 0 saturated heterocycles. The van der Waals surface area contributed by atoms with Gasteiger partial charge >= 0.3 is 0 Å². The first kappa shape index (κ1) is 24.3. The molecule has 0 saturated carbocycles. The van der Waals surface area contributed by atoms with Gasteiger partial charge in [0.2, 0.25) is 5.43 Å². The fourth-order valence-corrected chi connectivity index (χ4v) is 3.66. The minimum Gasteiger partial charge on any atom is -0.507 e. The molecule has 0 aliphatic heterocycles. The van der Waals surface area contributed by atoms with Crippen LogP contribution in [0.4, 0.5) is 4.39 Å². The van der Waals surface area contributed by atoms with Crippen LogP contribution in [-0.2, 0) is 17.6 Å². The molecular formula is C26H29FO6. The lowest BCUT2D eigenvalue weighted by molar-refractivity contribution is 0.0477. The Hall–Kier alpha value is -3.32. The zero-order valence-electron chi connectivity index (χ0n) is 19.8. The van der Waals surface area contributed by atoms with Gasteiger partial charge in [0.1, 0.15) is 28.1 Å². The highest BCUT2D eigenvalue weighted by Gasteiger charge is 2.24. The van der Waals surface area contributed by atoms with Gasteiger partial charge in [0.05, 0.1) is 12.5 Å². The Morgan fingerprint density at radius 2 is 1.61 bits per heavy atom. The summed E-state index contributed by atoms with van der Waals surface area (Å²) in [7, 11) is 2.90. The highest BCUT2D eigenvalue weighted by atomic mass is 19.1. The van der Waals surface area contributed by atoms with Crippen molar-refractivity contribution in [1.29, 1.82) is 0 Å². The van der Waals surface area contributed by atoms with E-state index >= 15 is 0 Å². The van der Waals surface area contributed by atoms with Crippen LogP contribution in [-0.4, -0.2) is 26.1 Å². The maximum absolute atomic E-state index is 15.0. The van der Waals surface area contributed by atoms with Gasteiger partial charge in [-0.3, -0.25) is 4.79 Å². The number of phenols is 1. The van der Waals surface area contributed by atoms with E-state index < -0.39 is 11.2 Å². The van der Waals surface area contributed by atoms with Crippen molar-refractivity contribution < 1.29 is 28.1 Å². The molecule has 7 heteroatoms. The van der Waals surface area contributed by atoms with E-state index in [4.69, 9.17) is 18.6 Å². The molecule has 0 atom stereocenters. The first-order valence-corrected chi connectivity index (χ1v) is 10.6. The Morgan fingerprint density at radius 3 is 2.18 bits per heavy atom. The molecule has 0 spiro atoms. The number of methoxy groups -OCH3 is 2. The zero-order chi connectivity index (χ0) is 24.3.